The molecule has 2 atom stereocenters. The molecule has 0 aliphatic carbocycles. The molecule has 22 heavy (non-hydrogen) atoms. The van der Waals surface area contributed by atoms with E-state index in [9.17, 15) is 0 Å². The molecule has 0 aromatic heterocycles. The molecule has 1 N–H and O–H groups in total. The highest BCUT2D eigenvalue weighted by Crippen LogP contribution is 2.31. The summed E-state index contributed by atoms with van der Waals surface area (Å²) >= 11 is 4.18. The van der Waals surface area contributed by atoms with Crippen molar-refractivity contribution in [1.29, 1.82) is 0 Å². The van der Waals surface area contributed by atoms with Gasteiger partial charge >= 0.3 is 0 Å². The number of likely N-dealkylation sites (N-methyl/N-ethyl adjacent to an activating group) is 1. The Bertz CT molecular complexity index is 378. The second kappa shape index (κ2) is 8.15. The van der Waals surface area contributed by atoms with Gasteiger partial charge in [-0.05, 0) is 32.2 Å². The van der Waals surface area contributed by atoms with E-state index in [0.717, 1.165) is 36.8 Å². The number of aliphatic imine (C=N–C) groups is 1. The largest absolute Gasteiger partial charge is 0.354 e. The summed E-state index contributed by atoms with van der Waals surface area (Å²) in [6, 6.07) is 0. The van der Waals surface area contributed by atoms with Gasteiger partial charge in [0.2, 0.25) is 0 Å². The summed E-state index contributed by atoms with van der Waals surface area (Å²) in [6.45, 7) is 7.88. The fraction of sp³-hybridized carbons (Fsp3) is 0.938. The predicted octanol–water partition coefficient (Wildman–Crippen LogP) is 2.07. The molecule has 2 fully saturated rings. The summed E-state index contributed by atoms with van der Waals surface area (Å²) < 4.78 is 0. The minimum atomic E-state index is 0.280. The predicted molar refractivity (Wildman–Crippen MR) is 102 cm³/mol. The van der Waals surface area contributed by atoms with Gasteiger partial charge in [0.15, 0.2) is 5.96 Å². The topological polar surface area (TPSA) is 30.9 Å². The summed E-state index contributed by atoms with van der Waals surface area (Å²) in [7, 11) is 6.34. The Morgan fingerprint density at radius 2 is 2.18 bits per heavy atom. The Hall–Kier alpha value is -0.0700. The second-order valence-electron chi connectivity index (χ2n) is 6.92. The van der Waals surface area contributed by atoms with Crippen LogP contribution in [-0.2, 0) is 0 Å². The maximum atomic E-state index is 4.55. The SMILES string of the molecule is CN=C(NCC1(N(C)C)CCSC1)N1CCSC(C(C)C)C1. The van der Waals surface area contributed by atoms with Crippen LogP contribution in [0.15, 0.2) is 4.99 Å². The summed E-state index contributed by atoms with van der Waals surface area (Å²) in [6.07, 6.45) is 1.26. The normalized spacial score (nSPS) is 30.4. The van der Waals surface area contributed by atoms with Crippen molar-refractivity contribution in [3.8, 4) is 0 Å². The molecule has 2 aliphatic rings. The number of nitrogens with one attached hydrogen (secondary N) is 1. The van der Waals surface area contributed by atoms with Gasteiger partial charge in [0.1, 0.15) is 0 Å². The number of nitrogens with zero attached hydrogens (tertiary/aromatic N) is 3. The number of hydrogen-bond donors (Lipinski definition) is 1. The van der Waals surface area contributed by atoms with Crippen molar-refractivity contribution in [2.24, 2.45) is 10.9 Å². The Labute approximate surface area is 144 Å². The van der Waals surface area contributed by atoms with Gasteiger partial charge in [0, 0.05) is 49.0 Å². The van der Waals surface area contributed by atoms with Crippen molar-refractivity contribution >= 4 is 29.5 Å². The third kappa shape index (κ3) is 4.26. The number of guanidine groups is 1. The van der Waals surface area contributed by atoms with Crippen molar-refractivity contribution in [3.05, 3.63) is 0 Å². The molecule has 2 rings (SSSR count). The molecule has 2 saturated heterocycles. The van der Waals surface area contributed by atoms with Crippen LogP contribution >= 0.6 is 23.5 Å². The molecule has 2 heterocycles. The van der Waals surface area contributed by atoms with Crippen LogP contribution in [0.1, 0.15) is 20.3 Å². The first-order chi connectivity index (χ1) is 10.5. The van der Waals surface area contributed by atoms with Crippen molar-refractivity contribution < 1.29 is 0 Å². The van der Waals surface area contributed by atoms with Crippen molar-refractivity contribution in [3.63, 3.8) is 0 Å². The molecular formula is C16H32N4S2. The average Bonchev–Trinajstić information content (AvgIpc) is 2.98. The van der Waals surface area contributed by atoms with Gasteiger partial charge in [-0.3, -0.25) is 4.99 Å². The number of rotatable bonds is 4. The summed E-state index contributed by atoms with van der Waals surface area (Å²) in [5.74, 6) is 5.51. The van der Waals surface area contributed by atoms with Crippen LogP contribution in [0.5, 0.6) is 0 Å². The van der Waals surface area contributed by atoms with Crippen LogP contribution in [0.2, 0.25) is 0 Å². The molecule has 0 amide bonds. The molecule has 0 radical (unpaired) electrons. The van der Waals surface area contributed by atoms with Gasteiger partial charge in [-0.15, -0.1) is 0 Å². The molecule has 0 aromatic rings. The number of thioether (sulfide) groups is 2. The first-order valence-corrected chi connectivity index (χ1v) is 10.5. The highest BCUT2D eigenvalue weighted by atomic mass is 32.2. The quantitative estimate of drug-likeness (QED) is 0.623. The van der Waals surface area contributed by atoms with E-state index in [0.29, 0.717) is 0 Å². The van der Waals surface area contributed by atoms with Crippen LogP contribution in [0.3, 0.4) is 0 Å². The van der Waals surface area contributed by atoms with Gasteiger partial charge in [-0.1, -0.05) is 13.8 Å². The number of hydrogen-bond acceptors (Lipinski definition) is 4. The van der Waals surface area contributed by atoms with Gasteiger partial charge in [-0.25, -0.2) is 0 Å². The maximum absolute atomic E-state index is 4.55. The molecule has 2 aliphatic heterocycles. The standard InChI is InChI=1S/C16H32N4S2/c1-13(2)14-10-20(7-9-22-14)15(17-3)18-11-16(19(4)5)6-8-21-12-16/h13-14H,6-12H2,1-5H3,(H,17,18). The molecule has 128 valence electrons. The zero-order valence-corrected chi connectivity index (χ0v) is 16.4. The molecule has 6 heteroatoms. The van der Waals surface area contributed by atoms with E-state index in [1.807, 2.05) is 7.05 Å². The summed E-state index contributed by atoms with van der Waals surface area (Å²) in [5.41, 5.74) is 0.280. The molecule has 0 aromatic carbocycles. The van der Waals surface area contributed by atoms with E-state index in [1.54, 1.807) is 0 Å². The monoisotopic (exact) mass is 344 g/mol. The fourth-order valence-electron chi connectivity index (χ4n) is 3.09. The van der Waals surface area contributed by atoms with E-state index in [1.165, 1.54) is 23.7 Å². The van der Waals surface area contributed by atoms with Crippen LogP contribution in [0, 0.1) is 5.92 Å². The molecule has 0 bridgehead atoms. The van der Waals surface area contributed by atoms with E-state index < -0.39 is 0 Å². The van der Waals surface area contributed by atoms with Crippen LogP contribution < -0.4 is 5.32 Å². The first kappa shape index (κ1) is 18.3. The highest BCUT2D eigenvalue weighted by Gasteiger charge is 2.37. The summed E-state index contributed by atoms with van der Waals surface area (Å²) in [5, 5.41) is 4.39. The lowest BCUT2D eigenvalue weighted by atomic mass is 9.97. The van der Waals surface area contributed by atoms with Crippen molar-refractivity contribution in [2.45, 2.75) is 31.1 Å². The molecular weight excluding hydrogens is 312 g/mol. The van der Waals surface area contributed by atoms with Crippen LogP contribution in [-0.4, -0.2) is 84.6 Å². The van der Waals surface area contributed by atoms with Crippen LogP contribution in [0.25, 0.3) is 0 Å². The molecule has 2 unspecified atom stereocenters. The fourth-order valence-corrected chi connectivity index (χ4v) is 5.95. The van der Waals surface area contributed by atoms with Crippen molar-refractivity contribution in [1.82, 2.24) is 15.1 Å². The third-order valence-electron chi connectivity index (χ3n) is 4.96. The van der Waals surface area contributed by atoms with Gasteiger partial charge in [0.05, 0.1) is 0 Å². The van der Waals surface area contributed by atoms with Crippen LogP contribution in [0.4, 0.5) is 0 Å². The average molecular weight is 345 g/mol. The highest BCUT2D eigenvalue weighted by molar-refractivity contribution is 8.00. The zero-order valence-electron chi connectivity index (χ0n) is 14.8. The Kier molecular flexibility index (Phi) is 6.77. The van der Waals surface area contributed by atoms with Gasteiger partial charge in [0.25, 0.3) is 0 Å². The smallest absolute Gasteiger partial charge is 0.193 e. The third-order valence-corrected chi connectivity index (χ3v) is 7.73. The minimum absolute atomic E-state index is 0.280. The maximum Gasteiger partial charge on any atom is 0.193 e. The van der Waals surface area contributed by atoms with Crippen molar-refractivity contribution in [2.75, 3.05) is 58.0 Å². The lowest BCUT2D eigenvalue weighted by molar-refractivity contribution is 0.181. The molecule has 4 nitrogen and oxygen atoms in total. The van der Waals surface area contributed by atoms with E-state index in [4.69, 9.17) is 0 Å². The lowest BCUT2D eigenvalue weighted by Crippen LogP contribution is -2.56. The molecule has 0 spiro atoms. The Morgan fingerprint density at radius 1 is 1.41 bits per heavy atom. The summed E-state index contributed by atoms with van der Waals surface area (Å²) in [4.78, 5) is 9.40. The zero-order chi connectivity index (χ0) is 16.2. The van der Waals surface area contributed by atoms with E-state index >= 15 is 0 Å². The van der Waals surface area contributed by atoms with E-state index in [-0.39, 0.29) is 5.54 Å². The van der Waals surface area contributed by atoms with Gasteiger partial charge < -0.3 is 15.1 Å². The Morgan fingerprint density at radius 3 is 2.73 bits per heavy atom. The Balaban J connectivity index is 1.94. The minimum Gasteiger partial charge on any atom is -0.354 e. The van der Waals surface area contributed by atoms with Gasteiger partial charge in [-0.2, -0.15) is 23.5 Å². The second-order valence-corrected chi connectivity index (χ2v) is 9.37. The first-order valence-electron chi connectivity index (χ1n) is 8.31. The van der Waals surface area contributed by atoms with E-state index in [2.05, 4.69) is 71.6 Å². The molecule has 0 saturated carbocycles. The lowest BCUT2D eigenvalue weighted by Gasteiger charge is -2.39.